The molecule has 0 unspecified atom stereocenters. The van der Waals surface area contributed by atoms with Gasteiger partial charge in [-0.15, -0.1) is 0 Å². The van der Waals surface area contributed by atoms with Gasteiger partial charge in [-0.1, -0.05) is 30.3 Å². The Kier molecular flexibility index (Phi) is 6.20. The van der Waals surface area contributed by atoms with E-state index in [4.69, 9.17) is 4.74 Å². The van der Waals surface area contributed by atoms with Gasteiger partial charge in [0, 0.05) is 0 Å². The molecule has 2 aromatic carbocycles. The van der Waals surface area contributed by atoms with Gasteiger partial charge in [0.2, 0.25) is 0 Å². The summed E-state index contributed by atoms with van der Waals surface area (Å²) < 4.78 is 97.2. The molecule has 0 saturated heterocycles. The number of carbonyl (C=O) groups is 1. The zero-order valence-corrected chi connectivity index (χ0v) is 14.0. The third kappa shape index (κ3) is 4.93. The average molecular weight is 410 g/mol. The van der Waals surface area contributed by atoms with Crippen LogP contribution >= 0.6 is 0 Å². The topological polar surface area (TPSA) is 35.5 Å². The largest absolute Gasteiger partial charge is 0.489 e. The number of hydrogen-bond acceptors (Lipinski definition) is 3. The van der Waals surface area contributed by atoms with Crippen LogP contribution in [0.15, 0.2) is 54.6 Å². The van der Waals surface area contributed by atoms with Crippen LogP contribution in [0.5, 0.6) is 5.75 Å². The summed E-state index contributed by atoms with van der Waals surface area (Å²) in [4.78, 5) is 11.6. The Balaban J connectivity index is 1.94. The molecule has 3 nitrogen and oxygen atoms in total. The number of carbonyl (C=O) groups excluding carboxylic acids is 1. The minimum absolute atomic E-state index is 0.212. The molecule has 0 radical (unpaired) electrons. The van der Waals surface area contributed by atoms with E-state index in [9.17, 15) is 35.5 Å². The van der Waals surface area contributed by atoms with Crippen molar-refractivity contribution in [3.8, 4) is 5.75 Å². The molecular formula is C18H13F7O3. The number of halogens is 7. The summed E-state index contributed by atoms with van der Waals surface area (Å²) in [7, 11) is 0. The van der Waals surface area contributed by atoms with Crippen molar-refractivity contribution in [2.75, 3.05) is 6.61 Å². The first kappa shape index (κ1) is 21.5. The van der Waals surface area contributed by atoms with Crippen molar-refractivity contribution in [3.63, 3.8) is 0 Å². The highest BCUT2D eigenvalue weighted by molar-refractivity contribution is 5.89. The first-order chi connectivity index (χ1) is 12.9. The predicted molar refractivity (Wildman–Crippen MR) is 83.4 cm³/mol. The van der Waals surface area contributed by atoms with E-state index in [0.717, 1.165) is 17.7 Å². The van der Waals surface area contributed by atoms with Gasteiger partial charge in [-0.2, -0.15) is 30.7 Å². The lowest BCUT2D eigenvalue weighted by Crippen LogP contribution is -2.54. The molecule has 0 spiro atoms. The second-order valence-corrected chi connectivity index (χ2v) is 5.65. The third-order valence-corrected chi connectivity index (χ3v) is 3.54. The summed E-state index contributed by atoms with van der Waals surface area (Å²) in [6.07, 6.45) is -6.49. The Bertz CT molecular complexity index is 787. The van der Waals surface area contributed by atoms with E-state index >= 15 is 0 Å². The van der Waals surface area contributed by atoms with Gasteiger partial charge in [-0.05, 0) is 29.8 Å². The molecule has 28 heavy (non-hydrogen) atoms. The van der Waals surface area contributed by atoms with Gasteiger partial charge in [0.05, 0.1) is 5.56 Å². The summed E-state index contributed by atoms with van der Waals surface area (Å²) in [5.74, 6) is -13.1. The van der Waals surface area contributed by atoms with Gasteiger partial charge in [0.1, 0.15) is 12.4 Å². The fourth-order valence-corrected chi connectivity index (χ4v) is 1.97. The number of ether oxygens (including phenoxy) is 2. The Hall–Kier alpha value is -2.78. The summed E-state index contributed by atoms with van der Waals surface area (Å²) in [6.45, 7) is -2.21. The summed E-state index contributed by atoms with van der Waals surface area (Å²) in [6, 6.07) is 13.8. The van der Waals surface area contributed by atoms with Crippen LogP contribution in [0.25, 0.3) is 0 Å². The van der Waals surface area contributed by atoms with Gasteiger partial charge in [-0.25, -0.2) is 4.79 Å². The molecule has 0 aliphatic carbocycles. The van der Waals surface area contributed by atoms with Crippen LogP contribution in [-0.2, 0) is 11.3 Å². The summed E-state index contributed by atoms with van der Waals surface area (Å²) >= 11 is 0. The van der Waals surface area contributed by atoms with E-state index < -0.39 is 30.6 Å². The number of esters is 1. The highest BCUT2D eigenvalue weighted by Gasteiger charge is 2.73. The second-order valence-electron chi connectivity index (χ2n) is 5.65. The van der Waals surface area contributed by atoms with Crippen LogP contribution in [0, 0.1) is 0 Å². The fraction of sp³-hybridized carbons (Fsp3) is 0.278. The van der Waals surface area contributed by atoms with Crippen molar-refractivity contribution in [2.24, 2.45) is 0 Å². The molecule has 0 aliphatic heterocycles. The predicted octanol–water partition coefficient (Wildman–Crippen LogP) is 5.26. The molecule has 0 aromatic heterocycles. The van der Waals surface area contributed by atoms with E-state index in [1.807, 2.05) is 18.2 Å². The fourth-order valence-electron chi connectivity index (χ4n) is 1.97. The Morgan fingerprint density at radius 3 is 1.93 bits per heavy atom. The van der Waals surface area contributed by atoms with Gasteiger partial charge >= 0.3 is 24.0 Å². The van der Waals surface area contributed by atoms with Crippen LogP contribution in [-0.4, -0.2) is 30.6 Å². The highest BCUT2D eigenvalue weighted by Crippen LogP contribution is 2.46. The summed E-state index contributed by atoms with van der Waals surface area (Å²) in [5, 5.41) is 0. The van der Waals surface area contributed by atoms with E-state index in [0.29, 0.717) is 5.75 Å². The van der Waals surface area contributed by atoms with E-state index in [1.54, 1.807) is 12.1 Å². The van der Waals surface area contributed by atoms with Crippen molar-refractivity contribution in [2.45, 2.75) is 24.6 Å². The molecule has 2 aromatic rings. The molecule has 2 rings (SSSR count). The lowest BCUT2D eigenvalue weighted by atomic mass is 10.1. The molecule has 0 saturated carbocycles. The first-order valence-electron chi connectivity index (χ1n) is 7.70. The quantitative estimate of drug-likeness (QED) is 0.462. The van der Waals surface area contributed by atoms with Crippen molar-refractivity contribution in [3.05, 3.63) is 65.7 Å². The standard InChI is InChI=1S/C18H13F7O3/c19-16(20,17(21,22)18(23,24)25)11-28-15(26)13-6-8-14(9-7-13)27-10-12-4-2-1-3-5-12/h1-9H,10-11H2. The molecule has 152 valence electrons. The molecule has 0 aliphatic rings. The molecule has 0 amide bonds. The van der Waals surface area contributed by atoms with Crippen LogP contribution < -0.4 is 4.74 Å². The van der Waals surface area contributed by atoms with E-state index in [-0.39, 0.29) is 12.2 Å². The van der Waals surface area contributed by atoms with Crippen LogP contribution in [0.3, 0.4) is 0 Å². The Labute approximate surface area is 154 Å². The maximum atomic E-state index is 13.1. The molecular weight excluding hydrogens is 397 g/mol. The number of hydrogen-bond donors (Lipinski definition) is 0. The minimum atomic E-state index is -6.49. The van der Waals surface area contributed by atoms with E-state index in [1.165, 1.54) is 12.1 Å². The molecule has 0 fully saturated rings. The second kappa shape index (κ2) is 8.07. The maximum Gasteiger partial charge on any atom is 0.460 e. The average Bonchev–Trinajstić information content (AvgIpc) is 2.64. The normalized spacial score (nSPS) is 12.5. The molecule has 0 heterocycles. The van der Waals surface area contributed by atoms with Gasteiger partial charge in [-0.3, -0.25) is 0 Å². The van der Waals surface area contributed by atoms with E-state index in [2.05, 4.69) is 4.74 Å². The van der Waals surface area contributed by atoms with Crippen LogP contribution in [0.4, 0.5) is 30.7 Å². The number of rotatable bonds is 7. The Morgan fingerprint density at radius 1 is 0.821 bits per heavy atom. The van der Waals surface area contributed by atoms with Gasteiger partial charge in [0.25, 0.3) is 0 Å². The highest BCUT2D eigenvalue weighted by atomic mass is 19.4. The van der Waals surface area contributed by atoms with Gasteiger partial charge in [0.15, 0.2) is 6.61 Å². The molecule has 10 heteroatoms. The summed E-state index contributed by atoms with van der Waals surface area (Å²) in [5.41, 5.74) is 0.539. The number of alkyl halides is 7. The lowest BCUT2D eigenvalue weighted by molar-refractivity contribution is -0.359. The molecule has 0 N–H and O–H groups in total. The van der Waals surface area contributed by atoms with Crippen molar-refractivity contribution in [1.29, 1.82) is 0 Å². The van der Waals surface area contributed by atoms with Crippen LogP contribution in [0.2, 0.25) is 0 Å². The SMILES string of the molecule is O=C(OCC(F)(F)C(F)(F)C(F)(F)F)c1ccc(OCc2ccccc2)cc1. The monoisotopic (exact) mass is 410 g/mol. The van der Waals surface area contributed by atoms with Crippen molar-refractivity contribution < 1.29 is 45.0 Å². The van der Waals surface area contributed by atoms with Gasteiger partial charge < -0.3 is 9.47 Å². The number of benzene rings is 2. The maximum absolute atomic E-state index is 13.1. The third-order valence-electron chi connectivity index (χ3n) is 3.54. The zero-order chi connectivity index (χ0) is 21.0. The van der Waals surface area contributed by atoms with Crippen molar-refractivity contribution >= 4 is 5.97 Å². The van der Waals surface area contributed by atoms with Crippen molar-refractivity contribution in [1.82, 2.24) is 0 Å². The first-order valence-corrected chi connectivity index (χ1v) is 7.70. The van der Waals surface area contributed by atoms with Crippen LogP contribution in [0.1, 0.15) is 15.9 Å². The smallest absolute Gasteiger partial charge is 0.460 e. The zero-order valence-electron chi connectivity index (χ0n) is 14.0. The molecule has 0 atom stereocenters. The Morgan fingerprint density at radius 2 is 1.39 bits per heavy atom. The lowest BCUT2D eigenvalue weighted by Gasteiger charge is -2.27. The molecule has 0 bridgehead atoms. The minimum Gasteiger partial charge on any atom is -0.489 e.